The summed E-state index contributed by atoms with van der Waals surface area (Å²) in [6, 6.07) is 1.79. The summed E-state index contributed by atoms with van der Waals surface area (Å²) in [5.74, 6) is -0.00961. The maximum absolute atomic E-state index is 12.6. The average molecular weight is 356 g/mol. The van der Waals surface area contributed by atoms with Crippen molar-refractivity contribution in [3.05, 3.63) is 33.1 Å². The van der Waals surface area contributed by atoms with Gasteiger partial charge >= 0.3 is 5.69 Å². The van der Waals surface area contributed by atoms with Gasteiger partial charge in [0.2, 0.25) is 5.91 Å². The fourth-order valence-corrected chi connectivity index (χ4v) is 3.16. The number of hydrogen-bond donors (Lipinski definition) is 1. The van der Waals surface area contributed by atoms with Gasteiger partial charge in [-0.3, -0.25) is 18.7 Å². The molecule has 3 rings (SSSR count). The summed E-state index contributed by atoms with van der Waals surface area (Å²) in [6.07, 6.45) is 1.69. The number of hydrogen-bond acceptors (Lipinski definition) is 4. The van der Waals surface area contributed by atoms with E-state index in [0.717, 1.165) is 17.7 Å². The van der Waals surface area contributed by atoms with E-state index in [-0.39, 0.29) is 36.5 Å². The number of rotatable bonds is 2. The molecule has 0 unspecified atom stereocenters. The molecule has 0 aromatic carbocycles. The SMILES string of the molecule is C[C@H]1CNCCN1C(=O)Cn1ccc2c(=O)n(C)c(=O)n(C)c21.Cl. The molecule has 1 fully saturated rings. The van der Waals surface area contributed by atoms with E-state index in [9.17, 15) is 14.4 Å². The zero-order chi connectivity index (χ0) is 16.7. The Bertz CT molecular complexity index is 882. The zero-order valence-electron chi connectivity index (χ0n) is 14.0. The molecule has 1 aliphatic heterocycles. The molecule has 132 valence electrons. The number of carbonyl (C=O) groups excluding carboxylic acids is 1. The van der Waals surface area contributed by atoms with Crippen LogP contribution in [-0.4, -0.2) is 50.2 Å². The van der Waals surface area contributed by atoms with E-state index in [1.165, 1.54) is 11.6 Å². The largest absolute Gasteiger partial charge is 0.336 e. The summed E-state index contributed by atoms with van der Waals surface area (Å²) in [7, 11) is 3.06. The molecule has 0 bridgehead atoms. The number of nitrogens with one attached hydrogen (secondary N) is 1. The van der Waals surface area contributed by atoms with Gasteiger partial charge in [-0.2, -0.15) is 0 Å². The lowest BCUT2D eigenvalue weighted by atomic mass is 10.2. The first kappa shape index (κ1) is 18.3. The summed E-state index contributed by atoms with van der Waals surface area (Å²) in [5, 5.41) is 3.69. The van der Waals surface area contributed by atoms with Gasteiger partial charge in [-0.15, -0.1) is 12.4 Å². The maximum atomic E-state index is 12.6. The van der Waals surface area contributed by atoms with Gasteiger partial charge in [-0.1, -0.05) is 0 Å². The lowest BCUT2D eigenvalue weighted by Crippen LogP contribution is -2.53. The van der Waals surface area contributed by atoms with Gasteiger partial charge in [0.05, 0.1) is 5.39 Å². The molecule has 2 aromatic heterocycles. The van der Waals surface area contributed by atoms with Crippen LogP contribution < -0.4 is 16.6 Å². The molecule has 9 heteroatoms. The van der Waals surface area contributed by atoms with E-state index < -0.39 is 5.69 Å². The molecule has 1 amide bonds. The van der Waals surface area contributed by atoms with Crippen LogP contribution in [0.5, 0.6) is 0 Å². The van der Waals surface area contributed by atoms with Gasteiger partial charge in [-0.05, 0) is 13.0 Å². The van der Waals surface area contributed by atoms with Gasteiger partial charge in [0.1, 0.15) is 12.2 Å². The third kappa shape index (κ3) is 2.87. The minimum Gasteiger partial charge on any atom is -0.336 e. The molecule has 1 saturated heterocycles. The average Bonchev–Trinajstić information content (AvgIpc) is 2.95. The molecule has 24 heavy (non-hydrogen) atoms. The summed E-state index contributed by atoms with van der Waals surface area (Å²) in [5.41, 5.74) is -0.260. The van der Waals surface area contributed by atoms with Crippen LogP contribution in [0.2, 0.25) is 0 Å². The smallest absolute Gasteiger partial charge is 0.332 e. The van der Waals surface area contributed by atoms with Crippen molar-refractivity contribution >= 4 is 29.3 Å². The molecule has 3 heterocycles. The lowest BCUT2D eigenvalue weighted by Gasteiger charge is -2.34. The lowest BCUT2D eigenvalue weighted by molar-refractivity contribution is -0.134. The van der Waals surface area contributed by atoms with Crippen molar-refractivity contribution in [2.75, 3.05) is 19.6 Å². The minimum atomic E-state index is -0.398. The van der Waals surface area contributed by atoms with Crippen molar-refractivity contribution in [2.45, 2.75) is 19.5 Å². The van der Waals surface area contributed by atoms with Crippen LogP contribution in [0.3, 0.4) is 0 Å². The second-order valence-electron chi connectivity index (χ2n) is 6.03. The van der Waals surface area contributed by atoms with E-state index in [2.05, 4.69) is 5.32 Å². The van der Waals surface area contributed by atoms with Crippen molar-refractivity contribution in [1.29, 1.82) is 0 Å². The van der Waals surface area contributed by atoms with Gasteiger partial charge in [-0.25, -0.2) is 4.79 Å². The molecular weight excluding hydrogens is 334 g/mol. The highest BCUT2D eigenvalue weighted by atomic mass is 35.5. The highest BCUT2D eigenvalue weighted by molar-refractivity contribution is 5.85. The Hall–Kier alpha value is -2.06. The molecule has 0 spiro atoms. The highest BCUT2D eigenvalue weighted by Gasteiger charge is 2.24. The number of piperazine rings is 1. The van der Waals surface area contributed by atoms with Crippen molar-refractivity contribution in [3.8, 4) is 0 Å². The van der Waals surface area contributed by atoms with Crippen LogP contribution in [0.4, 0.5) is 0 Å². The molecule has 1 aliphatic rings. The van der Waals surface area contributed by atoms with Crippen molar-refractivity contribution in [2.24, 2.45) is 14.1 Å². The Morgan fingerprint density at radius 1 is 1.29 bits per heavy atom. The van der Waals surface area contributed by atoms with Crippen molar-refractivity contribution < 1.29 is 4.79 Å². The number of halogens is 1. The first-order chi connectivity index (χ1) is 10.9. The Labute approximate surface area is 145 Å². The number of aromatic nitrogens is 3. The summed E-state index contributed by atoms with van der Waals surface area (Å²) < 4.78 is 4.16. The van der Waals surface area contributed by atoms with E-state index in [4.69, 9.17) is 0 Å². The normalized spacial score (nSPS) is 17.8. The number of carbonyl (C=O) groups is 1. The standard InChI is InChI=1S/C15H21N5O3.ClH/c1-10-8-16-5-7-20(10)12(21)9-19-6-4-11-13(19)17(2)15(23)18(3)14(11)22;/h4,6,10,16H,5,7-9H2,1-3H3;1H/t10-;/m0./s1. The van der Waals surface area contributed by atoms with Gasteiger partial charge < -0.3 is 14.8 Å². The topological polar surface area (TPSA) is 81.3 Å². The molecular formula is C15H22ClN5O3. The van der Waals surface area contributed by atoms with Crippen LogP contribution in [-0.2, 0) is 25.4 Å². The van der Waals surface area contributed by atoms with Crippen molar-refractivity contribution in [1.82, 2.24) is 23.9 Å². The van der Waals surface area contributed by atoms with Crippen LogP contribution >= 0.6 is 12.4 Å². The Morgan fingerprint density at radius 3 is 2.67 bits per heavy atom. The number of amides is 1. The summed E-state index contributed by atoms with van der Waals surface area (Å²) in [6.45, 7) is 4.34. The fourth-order valence-electron chi connectivity index (χ4n) is 3.16. The van der Waals surface area contributed by atoms with Crippen LogP contribution in [0, 0.1) is 0 Å². The second kappa shape index (κ2) is 6.82. The predicted octanol–water partition coefficient (Wildman–Crippen LogP) is -0.719. The van der Waals surface area contributed by atoms with E-state index >= 15 is 0 Å². The fraction of sp³-hybridized carbons (Fsp3) is 0.533. The molecule has 1 N–H and O–H groups in total. The van der Waals surface area contributed by atoms with Gasteiger partial charge in [0.25, 0.3) is 5.56 Å². The highest BCUT2D eigenvalue weighted by Crippen LogP contribution is 2.11. The Balaban J connectivity index is 0.00000208. The number of nitrogens with zero attached hydrogens (tertiary/aromatic N) is 4. The van der Waals surface area contributed by atoms with Gasteiger partial charge in [0.15, 0.2) is 0 Å². The molecule has 0 aliphatic carbocycles. The molecule has 8 nitrogen and oxygen atoms in total. The molecule has 0 radical (unpaired) electrons. The monoisotopic (exact) mass is 355 g/mol. The molecule has 1 atom stereocenters. The van der Waals surface area contributed by atoms with Crippen LogP contribution in [0.1, 0.15) is 6.92 Å². The quantitative estimate of drug-likeness (QED) is 0.771. The van der Waals surface area contributed by atoms with E-state index in [1.807, 2.05) is 11.8 Å². The number of aryl methyl sites for hydroxylation is 1. The van der Waals surface area contributed by atoms with Gasteiger partial charge in [0, 0.05) is 46.0 Å². The van der Waals surface area contributed by atoms with Crippen molar-refractivity contribution in [3.63, 3.8) is 0 Å². The summed E-state index contributed by atoms with van der Waals surface area (Å²) in [4.78, 5) is 38.7. The van der Waals surface area contributed by atoms with E-state index in [1.54, 1.807) is 23.9 Å². The van der Waals surface area contributed by atoms with Crippen LogP contribution in [0.25, 0.3) is 11.0 Å². The Morgan fingerprint density at radius 2 is 2.00 bits per heavy atom. The van der Waals surface area contributed by atoms with Crippen LogP contribution in [0.15, 0.2) is 21.9 Å². The zero-order valence-corrected chi connectivity index (χ0v) is 14.8. The molecule has 0 saturated carbocycles. The molecule has 2 aromatic rings. The minimum absolute atomic E-state index is 0. The number of fused-ring (bicyclic) bond motifs is 1. The van der Waals surface area contributed by atoms with E-state index in [0.29, 0.717) is 17.6 Å². The second-order valence-corrected chi connectivity index (χ2v) is 6.03. The Kier molecular flexibility index (Phi) is 5.19. The maximum Gasteiger partial charge on any atom is 0.332 e. The summed E-state index contributed by atoms with van der Waals surface area (Å²) >= 11 is 0. The third-order valence-electron chi connectivity index (χ3n) is 4.49. The predicted molar refractivity (Wildman–Crippen MR) is 93.7 cm³/mol. The first-order valence-corrected chi connectivity index (χ1v) is 7.67. The first-order valence-electron chi connectivity index (χ1n) is 7.67. The third-order valence-corrected chi connectivity index (χ3v) is 4.49.